The van der Waals surface area contributed by atoms with E-state index in [1.54, 1.807) is 13.0 Å². The molecule has 126 valence electrons. The Morgan fingerprint density at radius 3 is 2.79 bits per heavy atom. The Balaban J connectivity index is 1.62. The largest absolute Gasteiger partial charge is 0.368 e. The van der Waals surface area contributed by atoms with Gasteiger partial charge in [-0.3, -0.25) is 14.5 Å². The van der Waals surface area contributed by atoms with Gasteiger partial charge in [0.2, 0.25) is 11.8 Å². The SMILES string of the molecule is Cc1cc(NC(=O)CCN2Cc3ccccc3C[C@H]2C(N)=O)no1. The third kappa shape index (κ3) is 3.62. The number of hydrogen-bond acceptors (Lipinski definition) is 5. The molecular formula is C17H20N4O3. The van der Waals surface area contributed by atoms with E-state index in [2.05, 4.69) is 10.5 Å². The normalized spacial score (nSPS) is 17.3. The average Bonchev–Trinajstić information content (AvgIpc) is 2.96. The van der Waals surface area contributed by atoms with E-state index < -0.39 is 0 Å². The van der Waals surface area contributed by atoms with Crippen LogP contribution in [0.3, 0.4) is 0 Å². The van der Waals surface area contributed by atoms with Gasteiger partial charge in [-0.05, 0) is 24.5 Å². The Labute approximate surface area is 139 Å². The van der Waals surface area contributed by atoms with Crippen LogP contribution in [0.15, 0.2) is 34.9 Å². The zero-order valence-corrected chi connectivity index (χ0v) is 13.5. The lowest BCUT2D eigenvalue weighted by Crippen LogP contribution is -2.49. The van der Waals surface area contributed by atoms with Crippen LogP contribution in [0.2, 0.25) is 0 Å². The number of benzene rings is 1. The fourth-order valence-corrected chi connectivity index (χ4v) is 2.97. The summed E-state index contributed by atoms with van der Waals surface area (Å²) in [6.07, 6.45) is 0.827. The number of anilines is 1. The van der Waals surface area contributed by atoms with E-state index in [9.17, 15) is 9.59 Å². The quantitative estimate of drug-likeness (QED) is 0.859. The van der Waals surface area contributed by atoms with Gasteiger partial charge in [0.1, 0.15) is 5.76 Å². The summed E-state index contributed by atoms with van der Waals surface area (Å²) in [5.41, 5.74) is 7.85. The average molecular weight is 328 g/mol. The minimum atomic E-state index is -0.387. The number of nitrogens with two attached hydrogens (primary N) is 1. The van der Waals surface area contributed by atoms with E-state index in [-0.39, 0.29) is 24.3 Å². The highest BCUT2D eigenvalue weighted by molar-refractivity contribution is 5.89. The highest BCUT2D eigenvalue weighted by Crippen LogP contribution is 2.23. The second-order valence-corrected chi connectivity index (χ2v) is 5.98. The van der Waals surface area contributed by atoms with Crippen molar-refractivity contribution in [3.05, 3.63) is 47.2 Å². The molecule has 0 saturated carbocycles. The molecule has 0 saturated heterocycles. The summed E-state index contributed by atoms with van der Waals surface area (Å²) in [7, 11) is 0. The lowest BCUT2D eigenvalue weighted by Gasteiger charge is -2.34. The number of carbonyl (C=O) groups excluding carboxylic acids is 2. The first-order chi connectivity index (χ1) is 11.5. The van der Waals surface area contributed by atoms with E-state index >= 15 is 0 Å². The minimum Gasteiger partial charge on any atom is -0.368 e. The van der Waals surface area contributed by atoms with E-state index in [0.29, 0.717) is 31.1 Å². The van der Waals surface area contributed by atoms with E-state index in [1.165, 1.54) is 5.56 Å². The summed E-state index contributed by atoms with van der Waals surface area (Å²) in [6, 6.07) is 9.25. The second-order valence-electron chi connectivity index (χ2n) is 5.98. The molecule has 1 aliphatic heterocycles. The fourth-order valence-electron chi connectivity index (χ4n) is 2.97. The van der Waals surface area contributed by atoms with Crippen LogP contribution < -0.4 is 11.1 Å². The molecule has 0 aliphatic carbocycles. The molecule has 0 spiro atoms. The molecule has 3 rings (SSSR count). The predicted octanol–water partition coefficient (Wildman–Crippen LogP) is 1.22. The van der Waals surface area contributed by atoms with Crippen molar-refractivity contribution in [3.63, 3.8) is 0 Å². The van der Waals surface area contributed by atoms with Crippen LogP contribution >= 0.6 is 0 Å². The minimum absolute atomic E-state index is 0.176. The Hall–Kier alpha value is -2.67. The third-order valence-electron chi connectivity index (χ3n) is 4.20. The van der Waals surface area contributed by atoms with Gasteiger partial charge in [0.05, 0.1) is 6.04 Å². The first-order valence-electron chi connectivity index (χ1n) is 7.86. The molecule has 0 fully saturated rings. The number of carbonyl (C=O) groups is 2. The van der Waals surface area contributed by atoms with Gasteiger partial charge in [-0.2, -0.15) is 0 Å². The first kappa shape index (κ1) is 16.2. The predicted molar refractivity (Wildman–Crippen MR) is 88.0 cm³/mol. The molecule has 3 N–H and O–H groups in total. The molecule has 1 aliphatic rings. The molecule has 2 aromatic rings. The molecule has 2 amide bonds. The van der Waals surface area contributed by atoms with Gasteiger partial charge in [-0.25, -0.2) is 0 Å². The Bertz CT molecular complexity index is 756. The van der Waals surface area contributed by atoms with Crippen LogP contribution in [0.5, 0.6) is 0 Å². The van der Waals surface area contributed by atoms with Crippen LogP contribution in [0, 0.1) is 6.92 Å². The van der Waals surface area contributed by atoms with Gasteiger partial charge in [-0.1, -0.05) is 29.4 Å². The van der Waals surface area contributed by atoms with E-state index in [1.807, 2.05) is 29.2 Å². The molecule has 1 aromatic heterocycles. The molecule has 1 aromatic carbocycles. The number of nitrogens with one attached hydrogen (secondary N) is 1. The maximum atomic E-state index is 12.1. The fraction of sp³-hybridized carbons (Fsp3) is 0.353. The monoisotopic (exact) mass is 328 g/mol. The van der Waals surface area contributed by atoms with E-state index in [0.717, 1.165) is 5.56 Å². The summed E-state index contributed by atoms with van der Waals surface area (Å²) in [6.45, 7) is 2.82. The summed E-state index contributed by atoms with van der Waals surface area (Å²) < 4.78 is 4.91. The van der Waals surface area contributed by atoms with Crippen molar-refractivity contribution in [2.24, 2.45) is 5.73 Å². The molecule has 24 heavy (non-hydrogen) atoms. The molecule has 1 atom stereocenters. The van der Waals surface area contributed by atoms with Crippen molar-refractivity contribution < 1.29 is 14.1 Å². The second kappa shape index (κ2) is 6.84. The number of hydrogen-bond donors (Lipinski definition) is 2. The lowest BCUT2D eigenvalue weighted by atomic mass is 9.93. The zero-order valence-electron chi connectivity index (χ0n) is 13.5. The van der Waals surface area contributed by atoms with Crippen LogP contribution in [0.25, 0.3) is 0 Å². The van der Waals surface area contributed by atoms with Gasteiger partial charge in [0, 0.05) is 25.6 Å². The number of nitrogens with zero attached hydrogens (tertiary/aromatic N) is 2. The van der Waals surface area contributed by atoms with Crippen molar-refractivity contribution in [3.8, 4) is 0 Å². The maximum absolute atomic E-state index is 12.1. The molecule has 7 nitrogen and oxygen atoms in total. The zero-order chi connectivity index (χ0) is 17.1. The Morgan fingerprint density at radius 2 is 2.12 bits per heavy atom. The summed E-state index contributed by atoms with van der Waals surface area (Å²) in [4.78, 5) is 25.8. The standard InChI is InChI=1S/C17H20N4O3/c1-11-8-15(20-24-11)19-16(22)6-7-21-10-13-5-3-2-4-12(13)9-14(21)17(18)23/h2-5,8,14H,6-7,9-10H2,1H3,(H2,18,23)(H,19,20,22)/t14-/m0/s1. The number of fused-ring (bicyclic) bond motifs is 1. The number of amides is 2. The van der Waals surface area contributed by atoms with Gasteiger partial charge < -0.3 is 15.6 Å². The van der Waals surface area contributed by atoms with Crippen molar-refractivity contribution in [2.75, 3.05) is 11.9 Å². The van der Waals surface area contributed by atoms with Gasteiger partial charge in [0.25, 0.3) is 0 Å². The number of primary amides is 1. The number of rotatable bonds is 5. The number of aryl methyl sites for hydroxylation is 1. The van der Waals surface area contributed by atoms with Gasteiger partial charge in [-0.15, -0.1) is 0 Å². The highest BCUT2D eigenvalue weighted by Gasteiger charge is 2.29. The maximum Gasteiger partial charge on any atom is 0.235 e. The van der Waals surface area contributed by atoms with Crippen LogP contribution in [-0.2, 0) is 22.6 Å². The Morgan fingerprint density at radius 1 is 1.38 bits per heavy atom. The molecule has 0 radical (unpaired) electrons. The molecule has 0 bridgehead atoms. The van der Waals surface area contributed by atoms with Gasteiger partial charge >= 0.3 is 0 Å². The van der Waals surface area contributed by atoms with Crippen LogP contribution in [0.1, 0.15) is 23.3 Å². The van der Waals surface area contributed by atoms with Crippen LogP contribution in [0.4, 0.5) is 5.82 Å². The van der Waals surface area contributed by atoms with Crippen LogP contribution in [-0.4, -0.2) is 34.5 Å². The van der Waals surface area contributed by atoms with Gasteiger partial charge in [0.15, 0.2) is 5.82 Å². The smallest absolute Gasteiger partial charge is 0.235 e. The van der Waals surface area contributed by atoms with E-state index in [4.69, 9.17) is 10.3 Å². The topological polar surface area (TPSA) is 101 Å². The van der Waals surface area contributed by atoms with Crippen molar-refractivity contribution in [1.29, 1.82) is 0 Å². The molecule has 2 heterocycles. The Kier molecular flexibility index (Phi) is 4.61. The lowest BCUT2D eigenvalue weighted by molar-refractivity contribution is -0.125. The van der Waals surface area contributed by atoms with Crippen molar-refractivity contribution in [2.45, 2.75) is 32.4 Å². The molecular weight excluding hydrogens is 308 g/mol. The molecule has 7 heteroatoms. The highest BCUT2D eigenvalue weighted by atomic mass is 16.5. The summed E-state index contributed by atoms with van der Waals surface area (Å²) in [5, 5.41) is 6.41. The number of aromatic nitrogens is 1. The summed E-state index contributed by atoms with van der Waals surface area (Å²) >= 11 is 0. The van der Waals surface area contributed by atoms with Crippen molar-refractivity contribution in [1.82, 2.24) is 10.1 Å². The third-order valence-corrected chi connectivity index (χ3v) is 4.20. The first-order valence-corrected chi connectivity index (χ1v) is 7.86. The molecule has 0 unspecified atom stereocenters. The summed E-state index contributed by atoms with van der Waals surface area (Å²) in [5.74, 6) is 0.488. The van der Waals surface area contributed by atoms with Crippen molar-refractivity contribution >= 4 is 17.6 Å².